The van der Waals surface area contributed by atoms with Crippen molar-refractivity contribution in [2.75, 3.05) is 26.2 Å². The van der Waals surface area contributed by atoms with Gasteiger partial charge in [0.25, 0.3) is 0 Å². The lowest BCUT2D eigenvalue weighted by molar-refractivity contribution is -0.132. The van der Waals surface area contributed by atoms with E-state index in [4.69, 9.17) is 0 Å². The van der Waals surface area contributed by atoms with Gasteiger partial charge in [-0.25, -0.2) is 0 Å². The van der Waals surface area contributed by atoms with E-state index in [-0.39, 0.29) is 11.2 Å². The number of rotatable bonds is 5. The number of benzene rings is 1. The van der Waals surface area contributed by atoms with Crippen molar-refractivity contribution in [1.29, 1.82) is 0 Å². The summed E-state index contributed by atoms with van der Waals surface area (Å²) in [7, 11) is 0. The van der Waals surface area contributed by atoms with Crippen molar-refractivity contribution < 1.29 is 4.79 Å². The van der Waals surface area contributed by atoms with Crippen molar-refractivity contribution in [3.05, 3.63) is 42.0 Å². The molecule has 1 fully saturated rings. The SMILES string of the molecule is CC(Sc1ccccc1)C(=O)N1CCN(Cc2nnc3n2CCCCC3)CC1. The fraction of sp³-hybridized carbons (Fsp3) is 0.571. The summed E-state index contributed by atoms with van der Waals surface area (Å²) in [6, 6.07) is 10.2. The third-order valence-corrected chi connectivity index (χ3v) is 6.74. The van der Waals surface area contributed by atoms with Crippen LogP contribution in [0.15, 0.2) is 35.2 Å². The molecule has 7 heteroatoms. The van der Waals surface area contributed by atoms with E-state index in [1.165, 1.54) is 19.3 Å². The number of hydrogen-bond donors (Lipinski definition) is 0. The van der Waals surface area contributed by atoms with E-state index >= 15 is 0 Å². The first-order valence-corrected chi connectivity index (χ1v) is 11.2. The summed E-state index contributed by atoms with van der Waals surface area (Å²) in [5.74, 6) is 2.47. The number of piperazine rings is 1. The number of amides is 1. The molecule has 0 bridgehead atoms. The molecule has 6 nitrogen and oxygen atoms in total. The van der Waals surface area contributed by atoms with Crippen molar-refractivity contribution in [3.63, 3.8) is 0 Å². The summed E-state index contributed by atoms with van der Waals surface area (Å²) in [5.41, 5.74) is 0. The Labute approximate surface area is 171 Å². The van der Waals surface area contributed by atoms with Crippen LogP contribution in [-0.4, -0.2) is 61.9 Å². The molecule has 4 rings (SSSR count). The van der Waals surface area contributed by atoms with Gasteiger partial charge in [-0.15, -0.1) is 22.0 Å². The minimum Gasteiger partial charge on any atom is -0.339 e. The molecule has 2 aliphatic rings. The Morgan fingerprint density at radius 2 is 1.82 bits per heavy atom. The minimum absolute atomic E-state index is 0.0544. The molecular weight excluding hydrogens is 370 g/mol. The molecule has 1 aromatic heterocycles. The number of aryl methyl sites for hydroxylation is 1. The van der Waals surface area contributed by atoms with Crippen LogP contribution < -0.4 is 0 Å². The molecule has 28 heavy (non-hydrogen) atoms. The Morgan fingerprint density at radius 1 is 1.04 bits per heavy atom. The molecule has 2 aliphatic heterocycles. The lowest BCUT2D eigenvalue weighted by atomic mass is 10.2. The van der Waals surface area contributed by atoms with Gasteiger partial charge in [-0.1, -0.05) is 24.6 Å². The van der Waals surface area contributed by atoms with Gasteiger partial charge in [-0.2, -0.15) is 0 Å². The molecule has 1 amide bonds. The molecule has 0 spiro atoms. The van der Waals surface area contributed by atoms with E-state index < -0.39 is 0 Å². The molecule has 3 heterocycles. The fourth-order valence-corrected chi connectivity index (χ4v) is 4.97. The van der Waals surface area contributed by atoms with Crippen molar-refractivity contribution in [2.45, 2.75) is 55.8 Å². The zero-order valence-corrected chi connectivity index (χ0v) is 17.4. The number of hydrogen-bond acceptors (Lipinski definition) is 5. The average Bonchev–Trinajstić information content (AvgIpc) is 2.95. The molecule has 0 radical (unpaired) electrons. The second kappa shape index (κ2) is 9.09. The van der Waals surface area contributed by atoms with Gasteiger partial charge in [0.15, 0.2) is 0 Å². The minimum atomic E-state index is -0.0544. The van der Waals surface area contributed by atoms with E-state index in [0.717, 1.165) is 62.2 Å². The topological polar surface area (TPSA) is 54.3 Å². The van der Waals surface area contributed by atoms with E-state index in [2.05, 4.69) is 31.8 Å². The predicted molar refractivity (Wildman–Crippen MR) is 111 cm³/mol. The fourth-order valence-electron chi connectivity index (χ4n) is 4.00. The summed E-state index contributed by atoms with van der Waals surface area (Å²) >= 11 is 1.64. The molecule has 1 saturated heterocycles. The second-order valence-electron chi connectivity index (χ2n) is 7.67. The average molecular weight is 400 g/mol. The van der Waals surface area contributed by atoms with Crippen molar-refractivity contribution in [2.24, 2.45) is 0 Å². The number of carbonyl (C=O) groups excluding carboxylic acids is 1. The molecule has 1 atom stereocenters. The molecule has 1 aromatic carbocycles. The maximum atomic E-state index is 12.8. The Morgan fingerprint density at radius 3 is 2.61 bits per heavy atom. The van der Waals surface area contributed by atoms with E-state index in [1.54, 1.807) is 11.8 Å². The summed E-state index contributed by atoms with van der Waals surface area (Å²) in [5, 5.41) is 8.80. The quantitative estimate of drug-likeness (QED) is 0.724. The van der Waals surface area contributed by atoms with Crippen LogP contribution in [0.25, 0.3) is 0 Å². The summed E-state index contributed by atoms with van der Waals surface area (Å²) in [6.45, 7) is 7.28. The lowest BCUT2D eigenvalue weighted by Crippen LogP contribution is -2.50. The van der Waals surface area contributed by atoms with Crippen LogP contribution in [0, 0.1) is 0 Å². The number of nitrogens with zero attached hydrogens (tertiary/aromatic N) is 5. The number of aromatic nitrogens is 3. The highest BCUT2D eigenvalue weighted by molar-refractivity contribution is 8.00. The van der Waals surface area contributed by atoms with Crippen LogP contribution in [0.4, 0.5) is 0 Å². The Balaban J connectivity index is 1.29. The molecule has 2 aromatic rings. The lowest BCUT2D eigenvalue weighted by Gasteiger charge is -2.35. The normalized spacial score (nSPS) is 19.1. The van der Waals surface area contributed by atoms with Gasteiger partial charge in [-0.3, -0.25) is 9.69 Å². The maximum Gasteiger partial charge on any atom is 0.235 e. The number of fused-ring (bicyclic) bond motifs is 1. The van der Waals surface area contributed by atoms with Crippen LogP contribution in [-0.2, 0) is 24.3 Å². The molecule has 0 saturated carbocycles. The third-order valence-electron chi connectivity index (χ3n) is 5.64. The first-order chi connectivity index (χ1) is 13.7. The van der Waals surface area contributed by atoms with Gasteiger partial charge in [0.05, 0.1) is 11.8 Å². The standard InChI is InChI=1S/C21H29N5OS/c1-17(28-18-8-4-2-5-9-18)21(27)25-14-12-24(13-15-25)16-20-23-22-19-10-6-3-7-11-26(19)20/h2,4-5,8-9,17H,3,6-7,10-16H2,1H3. The zero-order chi connectivity index (χ0) is 19.3. The predicted octanol–water partition coefficient (Wildman–Crippen LogP) is 2.83. The van der Waals surface area contributed by atoms with Gasteiger partial charge in [0.2, 0.25) is 5.91 Å². The van der Waals surface area contributed by atoms with Gasteiger partial charge < -0.3 is 9.47 Å². The van der Waals surface area contributed by atoms with Crippen LogP contribution in [0.5, 0.6) is 0 Å². The van der Waals surface area contributed by atoms with Crippen molar-refractivity contribution in [1.82, 2.24) is 24.6 Å². The highest BCUT2D eigenvalue weighted by Gasteiger charge is 2.26. The largest absolute Gasteiger partial charge is 0.339 e. The second-order valence-corrected chi connectivity index (χ2v) is 9.08. The van der Waals surface area contributed by atoms with Crippen LogP contribution in [0.3, 0.4) is 0 Å². The first kappa shape index (κ1) is 19.5. The van der Waals surface area contributed by atoms with Crippen LogP contribution in [0.1, 0.15) is 37.8 Å². The van der Waals surface area contributed by atoms with Crippen LogP contribution >= 0.6 is 11.8 Å². The van der Waals surface area contributed by atoms with Crippen molar-refractivity contribution >= 4 is 17.7 Å². The monoisotopic (exact) mass is 399 g/mol. The third kappa shape index (κ3) is 4.58. The molecule has 0 aliphatic carbocycles. The van der Waals surface area contributed by atoms with Gasteiger partial charge in [0, 0.05) is 44.0 Å². The van der Waals surface area contributed by atoms with Gasteiger partial charge in [-0.05, 0) is 31.9 Å². The Hall–Kier alpha value is -1.86. The van der Waals surface area contributed by atoms with E-state index in [0.29, 0.717) is 0 Å². The van der Waals surface area contributed by atoms with Crippen molar-refractivity contribution in [3.8, 4) is 0 Å². The maximum absolute atomic E-state index is 12.8. The highest BCUT2D eigenvalue weighted by atomic mass is 32.2. The first-order valence-electron chi connectivity index (χ1n) is 10.3. The van der Waals surface area contributed by atoms with E-state index in [1.807, 2.05) is 30.0 Å². The Bertz CT molecular complexity index is 785. The number of carbonyl (C=O) groups is 1. The molecule has 150 valence electrons. The zero-order valence-electron chi connectivity index (χ0n) is 16.6. The van der Waals surface area contributed by atoms with Gasteiger partial charge >= 0.3 is 0 Å². The highest BCUT2D eigenvalue weighted by Crippen LogP contribution is 2.24. The summed E-state index contributed by atoms with van der Waals surface area (Å²) in [4.78, 5) is 18.4. The Kier molecular flexibility index (Phi) is 6.32. The summed E-state index contributed by atoms with van der Waals surface area (Å²) in [6.07, 6.45) is 4.77. The summed E-state index contributed by atoms with van der Waals surface area (Å²) < 4.78 is 2.32. The smallest absolute Gasteiger partial charge is 0.235 e. The van der Waals surface area contributed by atoms with E-state index in [9.17, 15) is 4.79 Å². The molecule has 0 N–H and O–H groups in total. The van der Waals surface area contributed by atoms with Gasteiger partial charge in [0.1, 0.15) is 11.6 Å². The molecule has 1 unspecified atom stereocenters. The number of thioether (sulfide) groups is 1. The van der Waals surface area contributed by atoms with Crippen LogP contribution in [0.2, 0.25) is 0 Å². The molecular formula is C21H29N5OS.